The van der Waals surface area contributed by atoms with Crippen LogP contribution in [0.5, 0.6) is 5.75 Å². The molecule has 0 radical (unpaired) electrons. The van der Waals surface area contributed by atoms with Crippen LogP contribution >= 0.6 is 11.6 Å². The first kappa shape index (κ1) is 14.2. The Kier molecular flexibility index (Phi) is 5.06. The minimum Gasteiger partial charge on any atom is -0.489 e. The lowest BCUT2D eigenvalue weighted by atomic mass is 10.1. The molecule has 0 spiro atoms. The number of halogens is 1. The average molecular weight is 278 g/mol. The zero-order chi connectivity index (χ0) is 13.7. The van der Waals surface area contributed by atoms with Gasteiger partial charge in [-0.3, -0.25) is 0 Å². The molecular formula is C16H20ClNO. The largest absolute Gasteiger partial charge is 0.489 e. The second-order valence-electron chi connectivity index (χ2n) is 4.72. The fourth-order valence-electron chi connectivity index (χ4n) is 2.08. The fraction of sp³-hybridized carbons (Fsp3) is 0.375. The van der Waals surface area contributed by atoms with Gasteiger partial charge >= 0.3 is 0 Å². The van der Waals surface area contributed by atoms with Crippen LogP contribution in [-0.4, -0.2) is 19.2 Å². The number of hydrogen-bond donors (Lipinski definition) is 1. The fourth-order valence-corrected chi connectivity index (χ4v) is 2.31. The highest BCUT2D eigenvalue weighted by Gasteiger charge is 2.08. The van der Waals surface area contributed by atoms with Crippen LogP contribution in [0.15, 0.2) is 36.4 Å². The number of rotatable bonds is 6. The molecule has 0 saturated carbocycles. The van der Waals surface area contributed by atoms with Gasteiger partial charge < -0.3 is 10.1 Å². The van der Waals surface area contributed by atoms with Gasteiger partial charge in [-0.2, -0.15) is 0 Å². The molecule has 0 bridgehead atoms. The molecular weight excluding hydrogens is 258 g/mol. The van der Waals surface area contributed by atoms with E-state index in [0.717, 1.165) is 41.1 Å². The highest BCUT2D eigenvalue weighted by molar-refractivity contribution is 6.35. The normalized spacial score (nSPS) is 12.6. The summed E-state index contributed by atoms with van der Waals surface area (Å²) >= 11 is 6.20. The van der Waals surface area contributed by atoms with Crippen LogP contribution in [0.3, 0.4) is 0 Å². The second kappa shape index (κ2) is 6.78. The number of ether oxygens (including phenoxy) is 1. The molecule has 0 aliphatic carbocycles. The standard InChI is InChI=1S/C16H20ClNO/c1-3-10-18-11-12(2)19-16-9-8-15(17)13-6-4-5-7-14(13)16/h4-9,12,18H,3,10-11H2,1-2H3. The number of fused-ring (bicyclic) bond motifs is 1. The van der Waals surface area contributed by atoms with Gasteiger partial charge in [0.1, 0.15) is 11.9 Å². The third-order valence-electron chi connectivity index (χ3n) is 3.02. The van der Waals surface area contributed by atoms with E-state index >= 15 is 0 Å². The van der Waals surface area contributed by atoms with Gasteiger partial charge in [0.15, 0.2) is 0 Å². The topological polar surface area (TPSA) is 21.3 Å². The van der Waals surface area contributed by atoms with Crippen molar-refractivity contribution < 1.29 is 4.74 Å². The summed E-state index contributed by atoms with van der Waals surface area (Å²) in [4.78, 5) is 0. The van der Waals surface area contributed by atoms with Crippen LogP contribution in [0.2, 0.25) is 5.02 Å². The van der Waals surface area contributed by atoms with E-state index in [4.69, 9.17) is 16.3 Å². The molecule has 0 heterocycles. The van der Waals surface area contributed by atoms with Gasteiger partial charge in [-0.15, -0.1) is 0 Å². The minimum atomic E-state index is 0.135. The van der Waals surface area contributed by atoms with E-state index in [0.29, 0.717) is 0 Å². The highest BCUT2D eigenvalue weighted by Crippen LogP contribution is 2.31. The predicted molar refractivity (Wildman–Crippen MR) is 82.2 cm³/mol. The van der Waals surface area contributed by atoms with E-state index in [-0.39, 0.29) is 6.10 Å². The molecule has 19 heavy (non-hydrogen) atoms. The monoisotopic (exact) mass is 277 g/mol. The molecule has 0 aromatic heterocycles. The van der Waals surface area contributed by atoms with E-state index in [1.54, 1.807) is 0 Å². The summed E-state index contributed by atoms with van der Waals surface area (Å²) in [6.07, 6.45) is 1.27. The molecule has 2 nitrogen and oxygen atoms in total. The number of hydrogen-bond acceptors (Lipinski definition) is 2. The molecule has 0 amide bonds. The lowest BCUT2D eigenvalue weighted by Gasteiger charge is -2.17. The van der Waals surface area contributed by atoms with Gasteiger partial charge in [-0.25, -0.2) is 0 Å². The zero-order valence-electron chi connectivity index (χ0n) is 11.4. The third-order valence-corrected chi connectivity index (χ3v) is 3.35. The van der Waals surface area contributed by atoms with E-state index < -0.39 is 0 Å². The van der Waals surface area contributed by atoms with Crippen LogP contribution in [0.25, 0.3) is 10.8 Å². The summed E-state index contributed by atoms with van der Waals surface area (Å²) in [6.45, 7) is 6.11. The van der Waals surface area contributed by atoms with Crippen LogP contribution in [0.1, 0.15) is 20.3 Å². The molecule has 1 atom stereocenters. The van der Waals surface area contributed by atoms with Crippen molar-refractivity contribution in [2.24, 2.45) is 0 Å². The van der Waals surface area contributed by atoms with E-state index in [1.165, 1.54) is 0 Å². The summed E-state index contributed by atoms with van der Waals surface area (Å²) in [7, 11) is 0. The van der Waals surface area contributed by atoms with Crippen molar-refractivity contribution in [1.29, 1.82) is 0 Å². The van der Waals surface area contributed by atoms with E-state index in [9.17, 15) is 0 Å². The Hall–Kier alpha value is -1.25. The molecule has 1 unspecified atom stereocenters. The predicted octanol–water partition coefficient (Wildman–Crippen LogP) is 4.26. The molecule has 0 fully saturated rings. The van der Waals surface area contributed by atoms with Crippen molar-refractivity contribution >= 4 is 22.4 Å². The van der Waals surface area contributed by atoms with Gasteiger partial charge in [0.2, 0.25) is 0 Å². The van der Waals surface area contributed by atoms with Crippen molar-refractivity contribution in [3.8, 4) is 5.75 Å². The molecule has 102 valence electrons. The van der Waals surface area contributed by atoms with Crippen molar-refractivity contribution in [2.45, 2.75) is 26.4 Å². The maximum atomic E-state index is 6.20. The van der Waals surface area contributed by atoms with E-state index in [2.05, 4.69) is 19.2 Å². The summed E-state index contributed by atoms with van der Waals surface area (Å²) in [6, 6.07) is 11.9. The smallest absolute Gasteiger partial charge is 0.127 e. The molecule has 2 aromatic carbocycles. The molecule has 2 rings (SSSR count). The Morgan fingerprint density at radius 2 is 1.89 bits per heavy atom. The van der Waals surface area contributed by atoms with Gasteiger partial charge in [-0.1, -0.05) is 42.8 Å². The Morgan fingerprint density at radius 3 is 2.63 bits per heavy atom. The van der Waals surface area contributed by atoms with Crippen LogP contribution in [-0.2, 0) is 0 Å². The Balaban J connectivity index is 2.14. The van der Waals surface area contributed by atoms with Gasteiger partial charge in [0.25, 0.3) is 0 Å². The first-order chi connectivity index (χ1) is 9.22. The molecule has 1 N–H and O–H groups in total. The SMILES string of the molecule is CCCNCC(C)Oc1ccc(Cl)c2ccccc12. The number of nitrogens with one attached hydrogen (secondary N) is 1. The molecule has 3 heteroatoms. The highest BCUT2D eigenvalue weighted by atomic mass is 35.5. The summed E-state index contributed by atoms with van der Waals surface area (Å²) in [5.41, 5.74) is 0. The Labute approximate surface area is 119 Å². The lowest BCUT2D eigenvalue weighted by Crippen LogP contribution is -2.29. The third kappa shape index (κ3) is 3.62. The number of benzene rings is 2. The first-order valence-electron chi connectivity index (χ1n) is 6.77. The maximum Gasteiger partial charge on any atom is 0.127 e. The molecule has 0 saturated heterocycles. The van der Waals surface area contributed by atoms with Crippen LogP contribution < -0.4 is 10.1 Å². The quantitative estimate of drug-likeness (QED) is 0.797. The minimum absolute atomic E-state index is 0.135. The molecule has 2 aromatic rings. The van der Waals surface area contributed by atoms with Gasteiger partial charge in [-0.05, 0) is 32.0 Å². The Morgan fingerprint density at radius 1 is 1.16 bits per heavy atom. The summed E-state index contributed by atoms with van der Waals surface area (Å²) < 4.78 is 6.01. The molecule has 0 aliphatic rings. The van der Waals surface area contributed by atoms with Crippen LogP contribution in [0.4, 0.5) is 0 Å². The van der Waals surface area contributed by atoms with Gasteiger partial charge in [0, 0.05) is 22.3 Å². The second-order valence-corrected chi connectivity index (χ2v) is 5.13. The first-order valence-corrected chi connectivity index (χ1v) is 7.14. The van der Waals surface area contributed by atoms with E-state index in [1.807, 2.05) is 36.4 Å². The lowest BCUT2D eigenvalue weighted by molar-refractivity contribution is 0.220. The van der Waals surface area contributed by atoms with Crippen molar-refractivity contribution in [1.82, 2.24) is 5.32 Å². The summed E-state index contributed by atoms with van der Waals surface area (Å²) in [5.74, 6) is 0.894. The van der Waals surface area contributed by atoms with Crippen molar-refractivity contribution in [2.75, 3.05) is 13.1 Å². The average Bonchev–Trinajstić information content (AvgIpc) is 2.43. The van der Waals surface area contributed by atoms with Gasteiger partial charge in [0.05, 0.1) is 0 Å². The zero-order valence-corrected chi connectivity index (χ0v) is 12.2. The van der Waals surface area contributed by atoms with Crippen molar-refractivity contribution in [3.63, 3.8) is 0 Å². The summed E-state index contributed by atoms with van der Waals surface area (Å²) in [5, 5.41) is 6.23. The van der Waals surface area contributed by atoms with Crippen LogP contribution in [0, 0.1) is 0 Å². The van der Waals surface area contributed by atoms with Crippen molar-refractivity contribution in [3.05, 3.63) is 41.4 Å². The molecule has 0 aliphatic heterocycles. The maximum absolute atomic E-state index is 6.20. The Bertz CT molecular complexity index is 541.